The molecule has 0 saturated heterocycles. The van der Waals surface area contributed by atoms with Crippen molar-refractivity contribution < 1.29 is 9.47 Å². The van der Waals surface area contributed by atoms with Gasteiger partial charge in [0.2, 0.25) is 0 Å². The molecule has 162 valence electrons. The van der Waals surface area contributed by atoms with Gasteiger partial charge in [0.05, 0.1) is 31.7 Å². The van der Waals surface area contributed by atoms with E-state index in [0.29, 0.717) is 5.92 Å². The monoisotopic (exact) mass is 424 g/mol. The van der Waals surface area contributed by atoms with Gasteiger partial charge in [-0.05, 0) is 55.2 Å². The maximum Gasteiger partial charge on any atom is 0.126 e. The topological polar surface area (TPSA) is 34.1 Å². The summed E-state index contributed by atoms with van der Waals surface area (Å²) >= 11 is 0. The first kappa shape index (κ1) is 20.4. The van der Waals surface area contributed by atoms with Crippen molar-refractivity contribution in [2.45, 2.75) is 25.3 Å². The molecule has 32 heavy (non-hydrogen) atoms. The SMILES string of the molecule is COc1ccccc1/C=C1\CCC[C@@H]2C1=NN(c1ccccc1)[C@H]2c1ccccc1OC. The lowest BCUT2D eigenvalue weighted by Crippen LogP contribution is -2.28. The Morgan fingerprint density at radius 3 is 2.31 bits per heavy atom. The zero-order valence-electron chi connectivity index (χ0n) is 18.6. The van der Waals surface area contributed by atoms with E-state index in [9.17, 15) is 0 Å². The highest BCUT2D eigenvalue weighted by Crippen LogP contribution is 2.48. The Morgan fingerprint density at radius 2 is 1.53 bits per heavy atom. The van der Waals surface area contributed by atoms with Crippen LogP contribution in [0.25, 0.3) is 6.08 Å². The minimum Gasteiger partial charge on any atom is -0.496 e. The highest BCUT2D eigenvalue weighted by Gasteiger charge is 2.43. The molecular weight excluding hydrogens is 396 g/mol. The van der Waals surface area contributed by atoms with Crippen LogP contribution in [0.2, 0.25) is 0 Å². The summed E-state index contributed by atoms with van der Waals surface area (Å²) in [6, 6.07) is 27.1. The standard InChI is InChI=1S/C28H28N2O2/c1-31-25-17-8-6-11-20(25)19-21-12-10-16-24-27(21)29-30(22-13-4-3-5-14-22)28(24)23-15-7-9-18-26(23)32-2/h3-9,11,13-15,17-19,24,28H,10,12,16H2,1-2H3/b21-19+/t24-,28+/m1/s1. The van der Waals surface area contributed by atoms with Gasteiger partial charge in [0.25, 0.3) is 0 Å². The molecule has 0 spiro atoms. The van der Waals surface area contributed by atoms with Crippen LogP contribution in [0.5, 0.6) is 11.5 Å². The predicted octanol–water partition coefficient (Wildman–Crippen LogP) is 6.50. The fourth-order valence-corrected chi connectivity index (χ4v) is 4.99. The van der Waals surface area contributed by atoms with Gasteiger partial charge in [-0.25, -0.2) is 0 Å². The summed E-state index contributed by atoms with van der Waals surface area (Å²) < 4.78 is 11.4. The molecule has 5 rings (SSSR count). The molecule has 1 heterocycles. The van der Waals surface area contributed by atoms with Gasteiger partial charge in [0, 0.05) is 17.0 Å². The minimum absolute atomic E-state index is 0.102. The number of methoxy groups -OCH3 is 2. The molecule has 0 N–H and O–H groups in total. The molecule has 4 heteroatoms. The summed E-state index contributed by atoms with van der Waals surface area (Å²) in [6.45, 7) is 0. The molecule has 0 aromatic heterocycles. The van der Waals surface area contributed by atoms with E-state index in [4.69, 9.17) is 14.6 Å². The Labute approximate surface area is 189 Å². The number of benzene rings is 3. The molecule has 0 amide bonds. The largest absolute Gasteiger partial charge is 0.496 e. The average molecular weight is 425 g/mol. The number of fused-ring (bicyclic) bond motifs is 1. The third-order valence-corrected chi connectivity index (χ3v) is 6.45. The van der Waals surface area contributed by atoms with Gasteiger partial charge in [-0.15, -0.1) is 0 Å². The maximum atomic E-state index is 5.77. The molecule has 2 atom stereocenters. The average Bonchev–Trinajstić information content (AvgIpc) is 3.25. The van der Waals surface area contributed by atoms with E-state index in [0.717, 1.165) is 42.0 Å². The lowest BCUT2D eigenvalue weighted by atomic mass is 9.77. The molecule has 1 aliphatic carbocycles. The normalized spacial score (nSPS) is 21.2. The van der Waals surface area contributed by atoms with E-state index < -0.39 is 0 Å². The number of rotatable bonds is 5. The van der Waals surface area contributed by atoms with Crippen LogP contribution in [0.4, 0.5) is 5.69 Å². The quantitative estimate of drug-likeness (QED) is 0.468. The number of nitrogens with zero attached hydrogens (tertiary/aromatic N) is 2. The fourth-order valence-electron chi connectivity index (χ4n) is 4.99. The first-order valence-electron chi connectivity index (χ1n) is 11.2. The van der Waals surface area contributed by atoms with Gasteiger partial charge in [-0.1, -0.05) is 54.6 Å². The number of para-hydroxylation sites is 3. The number of hydrazone groups is 1. The summed E-state index contributed by atoms with van der Waals surface area (Å²) in [5, 5.41) is 7.43. The highest BCUT2D eigenvalue weighted by atomic mass is 16.5. The third kappa shape index (κ3) is 3.66. The molecule has 0 radical (unpaired) electrons. The molecule has 4 nitrogen and oxygen atoms in total. The van der Waals surface area contributed by atoms with Crippen LogP contribution >= 0.6 is 0 Å². The Bertz CT molecular complexity index is 1150. The number of hydrogen-bond donors (Lipinski definition) is 0. The summed E-state index contributed by atoms with van der Waals surface area (Å²) in [4.78, 5) is 0. The van der Waals surface area contributed by atoms with Crippen LogP contribution in [-0.4, -0.2) is 19.9 Å². The number of allylic oxidation sites excluding steroid dienone is 1. The van der Waals surface area contributed by atoms with Gasteiger partial charge >= 0.3 is 0 Å². The van der Waals surface area contributed by atoms with Gasteiger partial charge in [0.15, 0.2) is 0 Å². The highest BCUT2D eigenvalue weighted by molar-refractivity contribution is 6.08. The smallest absolute Gasteiger partial charge is 0.126 e. The second-order valence-corrected chi connectivity index (χ2v) is 8.26. The van der Waals surface area contributed by atoms with Gasteiger partial charge in [0.1, 0.15) is 11.5 Å². The van der Waals surface area contributed by atoms with Crippen LogP contribution in [0.15, 0.2) is 89.5 Å². The number of hydrogen-bond acceptors (Lipinski definition) is 4. The zero-order valence-corrected chi connectivity index (χ0v) is 18.6. The second kappa shape index (κ2) is 8.91. The molecule has 0 bridgehead atoms. The molecule has 2 aliphatic rings. The maximum absolute atomic E-state index is 5.77. The molecule has 0 unspecified atom stereocenters. The lowest BCUT2D eigenvalue weighted by molar-refractivity contribution is 0.395. The van der Waals surface area contributed by atoms with Crippen LogP contribution in [0.3, 0.4) is 0 Å². The van der Waals surface area contributed by atoms with Crippen molar-refractivity contribution in [3.05, 3.63) is 95.6 Å². The third-order valence-electron chi connectivity index (χ3n) is 6.45. The molecule has 1 aliphatic heterocycles. The summed E-state index contributed by atoms with van der Waals surface area (Å²) in [7, 11) is 3.47. The molecular formula is C28H28N2O2. The Hall–Kier alpha value is -3.53. The van der Waals surface area contributed by atoms with Crippen molar-refractivity contribution in [2.75, 3.05) is 19.2 Å². The second-order valence-electron chi connectivity index (χ2n) is 8.26. The van der Waals surface area contributed by atoms with Crippen LogP contribution in [0.1, 0.15) is 36.4 Å². The Balaban J connectivity index is 1.62. The lowest BCUT2D eigenvalue weighted by Gasteiger charge is -2.31. The van der Waals surface area contributed by atoms with E-state index in [1.807, 2.05) is 30.3 Å². The van der Waals surface area contributed by atoms with E-state index >= 15 is 0 Å². The predicted molar refractivity (Wildman–Crippen MR) is 130 cm³/mol. The van der Waals surface area contributed by atoms with Crippen LogP contribution < -0.4 is 14.5 Å². The van der Waals surface area contributed by atoms with Gasteiger partial charge in [-0.3, -0.25) is 5.01 Å². The summed E-state index contributed by atoms with van der Waals surface area (Å²) in [5.74, 6) is 2.11. The number of anilines is 1. The van der Waals surface area contributed by atoms with Crippen molar-refractivity contribution in [3.63, 3.8) is 0 Å². The van der Waals surface area contributed by atoms with Gasteiger partial charge < -0.3 is 9.47 Å². The van der Waals surface area contributed by atoms with Crippen molar-refractivity contribution in [3.8, 4) is 11.5 Å². The minimum atomic E-state index is 0.102. The van der Waals surface area contributed by atoms with Crippen molar-refractivity contribution in [1.29, 1.82) is 0 Å². The molecule has 3 aromatic carbocycles. The molecule has 1 saturated carbocycles. The first-order chi connectivity index (χ1) is 15.8. The Morgan fingerprint density at radius 1 is 0.844 bits per heavy atom. The van der Waals surface area contributed by atoms with Crippen molar-refractivity contribution in [1.82, 2.24) is 0 Å². The number of ether oxygens (including phenoxy) is 2. The molecule has 1 fully saturated rings. The van der Waals surface area contributed by atoms with Crippen LogP contribution in [-0.2, 0) is 0 Å². The Kier molecular flexibility index (Phi) is 5.68. The van der Waals surface area contributed by atoms with E-state index in [2.05, 4.69) is 59.6 Å². The summed E-state index contributed by atoms with van der Waals surface area (Å²) in [5.41, 5.74) is 5.86. The van der Waals surface area contributed by atoms with Crippen LogP contribution in [0, 0.1) is 5.92 Å². The van der Waals surface area contributed by atoms with E-state index in [1.54, 1.807) is 14.2 Å². The van der Waals surface area contributed by atoms with E-state index in [-0.39, 0.29) is 6.04 Å². The van der Waals surface area contributed by atoms with Crippen molar-refractivity contribution >= 4 is 17.5 Å². The molecule has 3 aromatic rings. The van der Waals surface area contributed by atoms with E-state index in [1.165, 1.54) is 16.8 Å². The summed E-state index contributed by atoms with van der Waals surface area (Å²) in [6.07, 6.45) is 5.53. The first-order valence-corrected chi connectivity index (χ1v) is 11.2. The zero-order chi connectivity index (χ0) is 21.9. The van der Waals surface area contributed by atoms with Gasteiger partial charge in [-0.2, -0.15) is 5.10 Å². The van der Waals surface area contributed by atoms with Crippen molar-refractivity contribution in [2.24, 2.45) is 11.0 Å². The fraction of sp³-hybridized carbons (Fsp3) is 0.250.